The summed E-state index contributed by atoms with van der Waals surface area (Å²) < 4.78 is 0. The highest BCUT2D eigenvalue weighted by atomic mass is 16.4. The Morgan fingerprint density at radius 3 is 2.35 bits per heavy atom. The number of hydrogen-bond donors (Lipinski definition) is 2. The summed E-state index contributed by atoms with van der Waals surface area (Å²) in [4.78, 5) is 11.3. The van der Waals surface area contributed by atoms with Crippen molar-refractivity contribution >= 4 is 11.7 Å². The van der Waals surface area contributed by atoms with Gasteiger partial charge in [-0.3, -0.25) is 0 Å². The van der Waals surface area contributed by atoms with Gasteiger partial charge >= 0.3 is 5.97 Å². The number of hydrogen-bond acceptors (Lipinski definition) is 2. The monoisotopic (exact) mass is 267 g/mol. The topological polar surface area (TPSA) is 49.3 Å². The van der Waals surface area contributed by atoms with Crippen LogP contribution in [-0.2, 0) is 12.8 Å². The van der Waals surface area contributed by atoms with E-state index in [4.69, 9.17) is 0 Å². The Morgan fingerprint density at radius 2 is 1.75 bits per heavy atom. The van der Waals surface area contributed by atoms with Crippen molar-refractivity contribution in [2.24, 2.45) is 0 Å². The largest absolute Gasteiger partial charge is 0.478 e. The average Bonchev–Trinajstić information content (AvgIpc) is 2.83. The molecule has 0 saturated heterocycles. The van der Waals surface area contributed by atoms with Gasteiger partial charge in [-0.15, -0.1) is 0 Å². The fraction of sp³-hybridized carbons (Fsp3) is 0.235. The molecule has 0 heterocycles. The Hall–Kier alpha value is -2.29. The Kier molecular flexibility index (Phi) is 3.18. The second-order valence-corrected chi connectivity index (χ2v) is 5.32. The third-order valence-corrected chi connectivity index (χ3v) is 3.90. The molecule has 2 aromatic rings. The Balaban J connectivity index is 1.85. The van der Waals surface area contributed by atoms with E-state index in [-0.39, 0.29) is 6.04 Å². The van der Waals surface area contributed by atoms with Crippen LogP contribution in [0.5, 0.6) is 0 Å². The quantitative estimate of drug-likeness (QED) is 0.897. The molecule has 20 heavy (non-hydrogen) atoms. The fourth-order valence-electron chi connectivity index (χ4n) is 2.90. The van der Waals surface area contributed by atoms with Crippen LogP contribution < -0.4 is 5.32 Å². The van der Waals surface area contributed by atoms with Gasteiger partial charge in [-0.05, 0) is 42.5 Å². The van der Waals surface area contributed by atoms with Gasteiger partial charge in [0.15, 0.2) is 0 Å². The van der Waals surface area contributed by atoms with Crippen molar-refractivity contribution in [1.82, 2.24) is 0 Å². The molecule has 0 saturated carbocycles. The van der Waals surface area contributed by atoms with Gasteiger partial charge in [0.1, 0.15) is 0 Å². The first kappa shape index (κ1) is 12.7. The maximum Gasteiger partial charge on any atom is 0.337 e. The zero-order valence-electron chi connectivity index (χ0n) is 11.4. The zero-order valence-corrected chi connectivity index (χ0v) is 11.4. The summed E-state index contributed by atoms with van der Waals surface area (Å²) in [7, 11) is 0. The van der Waals surface area contributed by atoms with Gasteiger partial charge in [-0.1, -0.05) is 36.4 Å². The molecular formula is C17H17NO2. The fourth-order valence-corrected chi connectivity index (χ4v) is 2.90. The van der Waals surface area contributed by atoms with Gasteiger partial charge in [0.2, 0.25) is 0 Å². The molecular weight excluding hydrogens is 250 g/mol. The van der Waals surface area contributed by atoms with Gasteiger partial charge in [-0.2, -0.15) is 0 Å². The number of nitrogens with one attached hydrogen (secondary N) is 1. The predicted molar refractivity (Wildman–Crippen MR) is 79.4 cm³/mol. The van der Waals surface area contributed by atoms with Crippen LogP contribution in [0.25, 0.3) is 0 Å². The Bertz CT molecular complexity index is 639. The number of anilines is 1. The Labute approximate surface area is 118 Å². The number of para-hydroxylation sites is 1. The van der Waals surface area contributed by atoms with E-state index in [1.165, 1.54) is 11.1 Å². The summed E-state index contributed by atoms with van der Waals surface area (Å²) in [5.41, 5.74) is 4.78. The number of rotatable bonds is 3. The summed E-state index contributed by atoms with van der Waals surface area (Å²) in [5.74, 6) is -0.883. The number of carboxylic acid groups (broad SMARTS) is 1. The number of aryl methyl sites for hydroxylation is 1. The van der Waals surface area contributed by atoms with Gasteiger partial charge < -0.3 is 10.4 Å². The third-order valence-electron chi connectivity index (χ3n) is 3.90. The summed E-state index contributed by atoms with van der Waals surface area (Å²) in [6.45, 7) is 1.94. The van der Waals surface area contributed by atoms with E-state index in [1.807, 2.05) is 13.0 Å². The Morgan fingerprint density at radius 1 is 1.10 bits per heavy atom. The molecule has 0 aliphatic heterocycles. The van der Waals surface area contributed by atoms with Crippen molar-refractivity contribution in [3.05, 3.63) is 64.7 Å². The predicted octanol–water partition coefficient (Wildman–Crippen LogP) is 3.27. The summed E-state index contributed by atoms with van der Waals surface area (Å²) >= 11 is 0. The van der Waals surface area contributed by atoms with E-state index in [1.54, 1.807) is 12.1 Å². The second-order valence-electron chi connectivity index (χ2n) is 5.32. The standard InChI is InChI=1S/C17H17NO2/c1-11-5-4-8-15(17(19)20)16(11)18-14-9-12-6-2-3-7-13(12)10-14/h2-8,14,18H,9-10H2,1H3,(H,19,20). The lowest BCUT2D eigenvalue weighted by Crippen LogP contribution is -2.22. The molecule has 0 unspecified atom stereocenters. The molecule has 0 bridgehead atoms. The minimum absolute atomic E-state index is 0.270. The number of carboxylic acids is 1. The number of fused-ring (bicyclic) bond motifs is 1. The van der Waals surface area contributed by atoms with Crippen LogP contribution in [0, 0.1) is 6.92 Å². The van der Waals surface area contributed by atoms with Crippen molar-refractivity contribution in [2.75, 3.05) is 5.32 Å². The van der Waals surface area contributed by atoms with Crippen molar-refractivity contribution < 1.29 is 9.90 Å². The van der Waals surface area contributed by atoms with Crippen LogP contribution in [0.2, 0.25) is 0 Å². The third kappa shape index (κ3) is 2.27. The van der Waals surface area contributed by atoms with E-state index in [2.05, 4.69) is 29.6 Å². The highest BCUT2D eigenvalue weighted by molar-refractivity contribution is 5.95. The van der Waals surface area contributed by atoms with Crippen LogP contribution in [0.1, 0.15) is 27.0 Å². The first-order valence-corrected chi connectivity index (χ1v) is 6.81. The molecule has 2 N–H and O–H groups in total. The molecule has 0 spiro atoms. The molecule has 0 radical (unpaired) electrons. The van der Waals surface area contributed by atoms with E-state index in [0.717, 1.165) is 24.1 Å². The molecule has 0 aromatic heterocycles. The molecule has 2 aromatic carbocycles. The van der Waals surface area contributed by atoms with E-state index in [9.17, 15) is 9.90 Å². The van der Waals surface area contributed by atoms with Crippen LogP contribution >= 0.6 is 0 Å². The number of aromatic carboxylic acids is 1. The van der Waals surface area contributed by atoms with Crippen LogP contribution in [0.3, 0.4) is 0 Å². The van der Waals surface area contributed by atoms with Crippen molar-refractivity contribution in [3.63, 3.8) is 0 Å². The molecule has 0 atom stereocenters. The zero-order chi connectivity index (χ0) is 14.1. The summed E-state index contributed by atoms with van der Waals surface area (Å²) in [5, 5.41) is 12.7. The van der Waals surface area contributed by atoms with Crippen LogP contribution in [0.15, 0.2) is 42.5 Å². The second kappa shape index (κ2) is 5.00. The highest BCUT2D eigenvalue weighted by Crippen LogP contribution is 2.27. The lowest BCUT2D eigenvalue weighted by Gasteiger charge is -2.18. The first-order chi connectivity index (χ1) is 9.65. The number of carbonyl (C=O) groups is 1. The summed E-state index contributed by atoms with van der Waals surface area (Å²) in [6, 6.07) is 14.0. The van der Waals surface area contributed by atoms with Crippen molar-refractivity contribution in [1.29, 1.82) is 0 Å². The van der Waals surface area contributed by atoms with Gasteiger partial charge in [0.05, 0.1) is 11.3 Å². The minimum atomic E-state index is -0.883. The van der Waals surface area contributed by atoms with E-state index in [0.29, 0.717) is 5.56 Å². The molecule has 102 valence electrons. The number of benzene rings is 2. The van der Waals surface area contributed by atoms with E-state index < -0.39 is 5.97 Å². The highest BCUT2D eigenvalue weighted by Gasteiger charge is 2.23. The molecule has 0 amide bonds. The average molecular weight is 267 g/mol. The molecule has 1 aliphatic rings. The lowest BCUT2D eigenvalue weighted by molar-refractivity contribution is 0.0698. The smallest absolute Gasteiger partial charge is 0.337 e. The lowest BCUT2D eigenvalue weighted by atomic mass is 10.1. The van der Waals surface area contributed by atoms with Crippen molar-refractivity contribution in [2.45, 2.75) is 25.8 Å². The first-order valence-electron chi connectivity index (χ1n) is 6.81. The molecule has 3 rings (SSSR count). The van der Waals surface area contributed by atoms with Gasteiger partial charge in [-0.25, -0.2) is 4.79 Å². The molecule has 0 fully saturated rings. The van der Waals surface area contributed by atoms with Gasteiger partial charge in [0, 0.05) is 6.04 Å². The van der Waals surface area contributed by atoms with Crippen LogP contribution in [0.4, 0.5) is 5.69 Å². The van der Waals surface area contributed by atoms with Crippen LogP contribution in [-0.4, -0.2) is 17.1 Å². The van der Waals surface area contributed by atoms with Crippen molar-refractivity contribution in [3.8, 4) is 0 Å². The SMILES string of the molecule is Cc1cccc(C(=O)O)c1NC1Cc2ccccc2C1. The van der Waals surface area contributed by atoms with E-state index >= 15 is 0 Å². The molecule has 3 heteroatoms. The molecule has 1 aliphatic carbocycles. The summed E-state index contributed by atoms with van der Waals surface area (Å²) in [6.07, 6.45) is 1.90. The maximum atomic E-state index is 11.3. The molecule has 3 nitrogen and oxygen atoms in total. The maximum absolute atomic E-state index is 11.3. The normalized spacial score (nSPS) is 14.1. The van der Waals surface area contributed by atoms with Gasteiger partial charge in [0.25, 0.3) is 0 Å². The minimum Gasteiger partial charge on any atom is -0.478 e.